The molecule has 82 valence electrons. The molecule has 0 amide bonds. The van der Waals surface area contributed by atoms with Gasteiger partial charge in [-0.15, -0.1) is 0 Å². The van der Waals surface area contributed by atoms with Gasteiger partial charge in [-0.3, -0.25) is 4.99 Å². The number of nitrogens with zero attached hydrogens (tertiary/aromatic N) is 1. The Hall–Kier alpha value is -2.42. The first-order valence-electron chi connectivity index (χ1n) is 5.28. The van der Waals surface area contributed by atoms with Gasteiger partial charge in [0.25, 0.3) is 0 Å². The Morgan fingerprint density at radius 3 is 2.76 bits per heavy atom. The number of rotatable bonds is 2. The van der Waals surface area contributed by atoms with E-state index in [1.807, 2.05) is 12.1 Å². The van der Waals surface area contributed by atoms with Crippen LogP contribution in [0.15, 0.2) is 70.6 Å². The minimum atomic E-state index is -0.348. The standard InChI is InChI=1S/C14H9NO2/c16-14(10-4-2-1-3-5-10)17-13-7-6-11-8-15-9-12(11)13/h1-9H. The van der Waals surface area contributed by atoms with Gasteiger partial charge >= 0.3 is 5.97 Å². The Morgan fingerprint density at radius 2 is 1.94 bits per heavy atom. The maximum atomic E-state index is 11.8. The molecule has 1 aliphatic carbocycles. The Balaban J connectivity index is 1.76. The van der Waals surface area contributed by atoms with E-state index in [0.29, 0.717) is 11.3 Å². The molecule has 0 N–H and O–H groups in total. The van der Waals surface area contributed by atoms with Gasteiger partial charge in [0.1, 0.15) is 5.76 Å². The minimum Gasteiger partial charge on any atom is -0.422 e. The van der Waals surface area contributed by atoms with E-state index in [1.165, 1.54) is 0 Å². The van der Waals surface area contributed by atoms with E-state index >= 15 is 0 Å². The topological polar surface area (TPSA) is 38.7 Å². The Kier molecular flexibility index (Phi) is 2.22. The largest absolute Gasteiger partial charge is 0.422 e. The Bertz CT molecular complexity index is 592. The fourth-order valence-corrected chi connectivity index (χ4v) is 1.75. The van der Waals surface area contributed by atoms with Crippen LogP contribution in [0.5, 0.6) is 0 Å². The summed E-state index contributed by atoms with van der Waals surface area (Å²) in [7, 11) is 0. The van der Waals surface area contributed by atoms with Crippen molar-refractivity contribution in [1.82, 2.24) is 0 Å². The van der Waals surface area contributed by atoms with Crippen LogP contribution in [0, 0.1) is 0 Å². The summed E-state index contributed by atoms with van der Waals surface area (Å²) >= 11 is 0. The third-order valence-electron chi connectivity index (χ3n) is 2.62. The molecular weight excluding hydrogens is 214 g/mol. The number of fused-ring (bicyclic) bond motifs is 1. The van der Waals surface area contributed by atoms with Gasteiger partial charge in [0.15, 0.2) is 0 Å². The molecule has 1 aliphatic heterocycles. The van der Waals surface area contributed by atoms with Crippen LogP contribution in [0.1, 0.15) is 10.4 Å². The number of benzene rings is 1. The first-order chi connectivity index (χ1) is 8.34. The number of aliphatic imine (C=N–C) groups is 1. The average molecular weight is 223 g/mol. The quantitative estimate of drug-likeness (QED) is 0.723. The van der Waals surface area contributed by atoms with Crippen LogP contribution in [0.25, 0.3) is 0 Å². The van der Waals surface area contributed by atoms with Crippen molar-refractivity contribution in [3.8, 4) is 0 Å². The first kappa shape index (κ1) is 9.78. The van der Waals surface area contributed by atoms with E-state index in [2.05, 4.69) is 4.99 Å². The number of esters is 1. The van der Waals surface area contributed by atoms with Crippen LogP contribution in [0.3, 0.4) is 0 Å². The molecule has 0 bridgehead atoms. The molecule has 3 nitrogen and oxygen atoms in total. The summed E-state index contributed by atoms with van der Waals surface area (Å²) in [5.74, 6) is 0.214. The molecule has 3 heteroatoms. The van der Waals surface area contributed by atoms with Crippen molar-refractivity contribution in [1.29, 1.82) is 0 Å². The van der Waals surface area contributed by atoms with Gasteiger partial charge in [0, 0.05) is 23.6 Å². The number of hydrogen-bond acceptors (Lipinski definition) is 3. The third-order valence-corrected chi connectivity index (χ3v) is 2.62. The summed E-state index contributed by atoms with van der Waals surface area (Å²) in [4.78, 5) is 15.8. The molecule has 0 aromatic heterocycles. The van der Waals surface area contributed by atoms with Gasteiger partial charge < -0.3 is 4.74 Å². The Labute approximate surface area is 98.4 Å². The van der Waals surface area contributed by atoms with Crippen molar-refractivity contribution in [3.63, 3.8) is 0 Å². The fraction of sp³-hybridized carbons (Fsp3) is 0. The van der Waals surface area contributed by atoms with Crippen molar-refractivity contribution in [2.24, 2.45) is 4.99 Å². The number of allylic oxidation sites excluding steroid dienone is 3. The number of hydrogen-bond donors (Lipinski definition) is 0. The summed E-state index contributed by atoms with van der Waals surface area (Å²) in [6, 6.07) is 8.93. The second-order valence-corrected chi connectivity index (χ2v) is 3.73. The number of ether oxygens (including phenoxy) is 1. The molecule has 1 aromatic carbocycles. The zero-order chi connectivity index (χ0) is 11.7. The first-order valence-corrected chi connectivity index (χ1v) is 5.28. The van der Waals surface area contributed by atoms with E-state index in [4.69, 9.17) is 4.74 Å². The summed E-state index contributed by atoms with van der Waals surface area (Å²) in [5.41, 5.74) is 2.40. The van der Waals surface area contributed by atoms with Crippen LogP contribution in [0.4, 0.5) is 0 Å². The second-order valence-electron chi connectivity index (χ2n) is 3.73. The molecule has 0 unspecified atom stereocenters. The van der Waals surface area contributed by atoms with E-state index < -0.39 is 0 Å². The van der Waals surface area contributed by atoms with E-state index in [-0.39, 0.29) is 5.97 Å². The van der Waals surface area contributed by atoms with E-state index in [0.717, 1.165) is 11.1 Å². The maximum Gasteiger partial charge on any atom is 0.343 e. The SMILES string of the molecule is O=C(OC1=CC=C2C=NC=C21)c1ccccc1. The predicted octanol–water partition coefficient (Wildman–Crippen LogP) is 2.64. The lowest BCUT2D eigenvalue weighted by Crippen LogP contribution is -2.05. The lowest BCUT2D eigenvalue weighted by Gasteiger charge is -2.06. The van der Waals surface area contributed by atoms with Crippen molar-refractivity contribution < 1.29 is 9.53 Å². The van der Waals surface area contributed by atoms with E-state index in [1.54, 1.807) is 42.8 Å². The van der Waals surface area contributed by atoms with Gasteiger partial charge in [-0.1, -0.05) is 18.2 Å². The van der Waals surface area contributed by atoms with E-state index in [9.17, 15) is 4.79 Å². The average Bonchev–Trinajstić information content (AvgIpc) is 2.95. The maximum absolute atomic E-state index is 11.8. The number of carbonyl (C=O) groups is 1. The van der Waals surface area contributed by atoms with Gasteiger partial charge in [0.05, 0.1) is 5.56 Å². The highest BCUT2D eigenvalue weighted by Gasteiger charge is 2.21. The monoisotopic (exact) mass is 223 g/mol. The van der Waals surface area contributed by atoms with Gasteiger partial charge in [-0.25, -0.2) is 4.79 Å². The molecule has 3 rings (SSSR count). The second kappa shape index (κ2) is 3.87. The summed E-state index contributed by atoms with van der Waals surface area (Å²) in [6.45, 7) is 0. The predicted molar refractivity (Wildman–Crippen MR) is 64.6 cm³/mol. The lowest BCUT2D eigenvalue weighted by atomic mass is 10.2. The number of carbonyl (C=O) groups excluding carboxylic acids is 1. The van der Waals surface area contributed by atoms with Crippen molar-refractivity contribution in [2.45, 2.75) is 0 Å². The molecule has 0 saturated carbocycles. The van der Waals surface area contributed by atoms with Crippen LogP contribution < -0.4 is 0 Å². The highest BCUT2D eigenvalue weighted by Crippen LogP contribution is 2.29. The molecule has 2 aliphatic rings. The highest BCUT2D eigenvalue weighted by atomic mass is 16.5. The molecular formula is C14H9NO2. The smallest absolute Gasteiger partial charge is 0.343 e. The van der Waals surface area contributed by atoms with Crippen LogP contribution in [-0.4, -0.2) is 12.2 Å². The molecule has 1 heterocycles. The van der Waals surface area contributed by atoms with Gasteiger partial charge in [-0.05, 0) is 24.3 Å². The van der Waals surface area contributed by atoms with Crippen molar-refractivity contribution >= 4 is 12.2 Å². The molecule has 0 spiro atoms. The summed E-state index contributed by atoms with van der Waals surface area (Å²) < 4.78 is 5.33. The zero-order valence-electron chi connectivity index (χ0n) is 8.96. The highest BCUT2D eigenvalue weighted by molar-refractivity contribution is 5.95. The summed E-state index contributed by atoms with van der Waals surface area (Å²) in [6.07, 6.45) is 7.11. The molecule has 0 fully saturated rings. The fourth-order valence-electron chi connectivity index (χ4n) is 1.75. The normalized spacial score (nSPS) is 16.1. The molecule has 0 saturated heterocycles. The van der Waals surface area contributed by atoms with Gasteiger partial charge in [0.2, 0.25) is 0 Å². The van der Waals surface area contributed by atoms with Crippen molar-refractivity contribution in [2.75, 3.05) is 0 Å². The van der Waals surface area contributed by atoms with Crippen LogP contribution >= 0.6 is 0 Å². The van der Waals surface area contributed by atoms with Crippen molar-refractivity contribution in [3.05, 3.63) is 71.2 Å². The molecule has 0 radical (unpaired) electrons. The third kappa shape index (κ3) is 1.72. The molecule has 1 aromatic rings. The molecule has 17 heavy (non-hydrogen) atoms. The minimum absolute atomic E-state index is 0.348. The summed E-state index contributed by atoms with van der Waals surface area (Å²) in [5, 5.41) is 0. The van der Waals surface area contributed by atoms with Gasteiger partial charge in [-0.2, -0.15) is 0 Å². The van der Waals surface area contributed by atoms with Crippen LogP contribution in [0.2, 0.25) is 0 Å². The molecule has 0 atom stereocenters. The Morgan fingerprint density at radius 1 is 1.12 bits per heavy atom. The lowest BCUT2D eigenvalue weighted by molar-refractivity contribution is 0.0634. The van der Waals surface area contributed by atoms with Crippen LogP contribution in [-0.2, 0) is 4.74 Å². The zero-order valence-corrected chi connectivity index (χ0v) is 8.96.